The Kier molecular flexibility index (Phi) is 5.12. The van der Waals surface area contributed by atoms with E-state index < -0.39 is 29.1 Å². The van der Waals surface area contributed by atoms with Gasteiger partial charge in [-0.15, -0.1) is 0 Å². The van der Waals surface area contributed by atoms with E-state index >= 15 is 0 Å². The van der Waals surface area contributed by atoms with Gasteiger partial charge >= 0.3 is 17.9 Å². The summed E-state index contributed by atoms with van der Waals surface area (Å²) < 4.78 is 11.7. The summed E-state index contributed by atoms with van der Waals surface area (Å²) in [5.74, 6) is -1.73. The smallest absolute Gasteiger partial charge is 0.338 e. The monoisotopic (exact) mass is 390 g/mol. The number of hydrogen-bond acceptors (Lipinski definition) is 6. The van der Waals surface area contributed by atoms with Gasteiger partial charge in [-0.25, -0.2) is 14.4 Å². The first kappa shape index (κ1) is 20.2. The van der Waals surface area contributed by atoms with Crippen molar-refractivity contribution in [3.63, 3.8) is 0 Å². The van der Waals surface area contributed by atoms with Crippen molar-refractivity contribution in [2.75, 3.05) is 0 Å². The van der Waals surface area contributed by atoms with E-state index in [0.29, 0.717) is 31.1 Å². The van der Waals surface area contributed by atoms with Crippen LogP contribution in [0.1, 0.15) is 52.4 Å². The number of carboxylic acids is 1. The summed E-state index contributed by atoms with van der Waals surface area (Å²) in [6.07, 6.45) is 6.25. The number of carboxylic acid groups (broad SMARTS) is 1. The Morgan fingerprint density at radius 3 is 1.93 bits per heavy atom. The molecule has 0 saturated heterocycles. The van der Waals surface area contributed by atoms with Crippen LogP contribution in [0.2, 0.25) is 0 Å². The molecule has 7 heteroatoms. The lowest BCUT2D eigenvalue weighted by molar-refractivity contribution is -0.227. The quantitative estimate of drug-likeness (QED) is 0.310. The predicted octanol–water partition coefficient (Wildman–Crippen LogP) is 3.21. The maximum absolute atomic E-state index is 12.6. The maximum atomic E-state index is 12.6. The van der Waals surface area contributed by atoms with Gasteiger partial charge in [0.05, 0.1) is 17.4 Å². The summed E-state index contributed by atoms with van der Waals surface area (Å²) in [4.78, 5) is 35.8. The van der Waals surface area contributed by atoms with Crippen LogP contribution in [-0.4, -0.2) is 39.3 Å². The lowest BCUT2D eigenvalue weighted by Gasteiger charge is -2.60. The van der Waals surface area contributed by atoms with Crippen molar-refractivity contribution in [2.24, 2.45) is 11.8 Å². The lowest BCUT2D eigenvalue weighted by atomic mass is 9.52. The van der Waals surface area contributed by atoms with Crippen LogP contribution in [0.15, 0.2) is 35.6 Å². The molecular formula is C21H26O7. The third kappa shape index (κ3) is 3.84. The summed E-state index contributed by atoms with van der Waals surface area (Å²) in [7, 11) is 0. The van der Waals surface area contributed by atoms with E-state index in [0.717, 1.165) is 25.5 Å². The number of aliphatic carboxylic acids is 1. The fraction of sp³-hybridized carbons (Fsp3) is 0.571. The van der Waals surface area contributed by atoms with E-state index in [-0.39, 0.29) is 16.7 Å². The zero-order valence-corrected chi connectivity index (χ0v) is 16.2. The zero-order chi connectivity index (χ0) is 20.7. The molecule has 152 valence electrons. The van der Waals surface area contributed by atoms with Gasteiger partial charge in [-0.3, -0.25) is 0 Å². The van der Waals surface area contributed by atoms with E-state index in [1.54, 1.807) is 0 Å². The molecule has 2 atom stereocenters. The molecule has 28 heavy (non-hydrogen) atoms. The molecule has 4 rings (SSSR count). The number of aliphatic hydroxyl groups excluding tert-OH is 1. The highest BCUT2D eigenvalue weighted by atomic mass is 16.6. The molecule has 0 spiro atoms. The normalized spacial score (nSPS) is 34.1. The van der Waals surface area contributed by atoms with E-state index in [2.05, 4.69) is 6.58 Å². The third-order valence-corrected chi connectivity index (χ3v) is 6.08. The molecule has 2 unspecified atom stereocenters. The molecule has 0 aromatic carbocycles. The number of carbonyl (C=O) groups excluding carboxylic acids is 2. The summed E-state index contributed by atoms with van der Waals surface area (Å²) in [6, 6.07) is 0. The SMILES string of the molecule is C=C(C=C(C)C(=O)O)C(=O)OC12CC3CC(C1)CC(OC(=O)C(C)=CO)(C3)C2. The van der Waals surface area contributed by atoms with Crippen molar-refractivity contribution in [3.8, 4) is 0 Å². The Bertz CT molecular complexity index is 775. The lowest BCUT2D eigenvalue weighted by Crippen LogP contribution is -2.61. The van der Waals surface area contributed by atoms with Crippen LogP contribution >= 0.6 is 0 Å². The second kappa shape index (κ2) is 7.11. The van der Waals surface area contributed by atoms with Crippen molar-refractivity contribution in [3.05, 3.63) is 35.6 Å². The van der Waals surface area contributed by atoms with Gasteiger partial charge < -0.3 is 19.7 Å². The summed E-state index contributed by atoms with van der Waals surface area (Å²) >= 11 is 0. The molecule has 4 fully saturated rings. The molecule has 0 aromatic heterocycles. The standard InChI is InChI=1S/C21H26O7/c1-12(17(23)24)4-13(2)18(25)27-20-6-15-5-16(7-20)9-21(8-15,11-20)28-19(26)14(3)10-22/h4,10,15-16,22H,2,5-9,11H2,1,3H3,(H,23,24). The average Bonchev–Trinajstić information content (AvgIpc) is 2.58. The Morgan fingerprint density at radius 2 is 1.46 bits per heavy atom. The van der Waals surface area contributed by atoms with Gasteiger partial charge in [0.1, 0.15) is 11.2 Å². The molecule has 4 bridgehead atoms. The van der Waals surface area contributed by atoms with Crippen LogP contribution in [0, 0.1) is 11.8 Å². The molecule has 4 saturated carbocycles. The minimum Gasteiger partial charge on any atom is -0.515 e. The molecular weight excluding hydrogens is 364 g/mol. The van der Waals surface area contributed by atoms with Crippen LogP contribution in [0.4, 0.5) is 0 Å². The average molecular weight is 390 g/mol. The van der Waals surface area contributed by atoms with Crippen LogP contribution in [0.5, 0.6) is 0 Å². The Morgan fingerprint density at radius 1 is 0.964 bits per heavy atom. The minimum absolute atomic E-state index is 0.00382. The van der Waals surface area contributed by atoms with Gasteiger partial charge in [-0.05, 0) is 63.9 Å². The molecule has 0 aliphatic heterocycles. The highest BCUT2D eigenvalue weighted by Gasteiger charge is 2.61. The van der Waals surface area contributed by atoms with Crippen LogP contribution in [0.3, 0.4) is 0 Å². The zero-order valence-electron chi connectivity index (χ0n) is 16.2. The predicted molar refractivity (Wildman–Crippen MR) is 99.2 cm³/mol. The Hall–Kier alpha value is -2.57. The van der Waals surface area contributed by atoms with Crippen LogP contribution in [-0.2, 0) is 23.9 Å². The summed E-state index contributed by atoms with van der Waals surface area (Å²) in [5, 5.41) is 18.0. The van der Waals surface area contributed by atoms with Crippen molar-refractivity contribution in [1.82, 2.24) is 0 Å². The molecule has 2 N–H and O–H groups in total. The first-order valence-electron chi connectivity index (χ1n) is 9.45. The second-order valence-corrected chi connectivity index (χ2v) is 8.58. The number of carbonyl (C=O) groups is 3. The second-order valence-electron chi connectivity index (χ2n) is 8.58. The highest BCUT2D eigenvalue weighted by Crippen LogP contribution is 2.60. The van der Waals surface area contributed by atoms with Crippen molar-refractivity contribution in [1.29, 1.82) is 0 Å². The molecule has 0 radical (unpaired) electrons. The van der Waals surface area contributed by atoms with Crippen molar-refractivity contribution in [2.45, 2.75) is 63.6 Å². The fourth-order valence-electron chi connectivity index (χ4n) is 5.31. The first-order chi connectivity index (χ1) is 13.1. The van der Waals surface area contributed by atoms with Gasteiger partial charge in [0.2, 0.25) is 0 Å². The van der Waals surface area contributed by atoms with Crippen molar-refractivity contribution < 1.29 is 34.1 Å². The molecule has 7 nitrogen and oxygen atoms in total. The largest absolute Gasteiger partial charge is 0.515 e. The van der Waals surface area contributed by atoms with Crippen LogP contribution in [0.25, 0.3) is 0 Å². The topological polar surface area (TPSA) is 110 Å². The maximum Gasteiger partial charge on any atom is 0.338 e. The number of esters is 2. The third-order valence-electron chi connectivity index (χ3n) is 6.08. The minimum atomic E-state index is -1.12. The highest BCUT2D eigenvalue weighted by molar-refractivity contribution is 5.95. The number of aliphatic hydroxyl groups is 1. The summed E-state index contributed by atoms with van der Waals surface area (Å²) in [6.45, 7) is 6.51. The Labute approximate surface area is 163 Å². The van der Waals surface area contributed by atoms with Gasteiger partial charge in [0.25, 0.3) is 0 Å². The number of hydrogen-bond donors (Lipinski definition) is 2. The van der Waals surface area contributed by atoms with E-state index in [1.165, 1.54) is 19.9 Å². The van der Waals surface area contributed by atoms with Gasteiger partial charge in [0.15, 0.2) is 0 Å². The molecule has 4 aliphatic carbocycles. The number of ether oxygens (including phenoxy) is 2. The number of rotatable bonds is 6. The van der Waals surface area contributed by atoms with Gasteiger partial charge in [-0.2, -0.15) is 0 Å². The molecule has 4 aliphatic rings. The molecule has 0 aromatic rings. The van der Waals surface area contributed by atoms with Gasteiger partial charge in [0, 0.05) is 12.0 Å². The van der Waals surface area contributed by atoms with E-state index in [4.69, 9.17) is 19.7 Å². The summed E-state index contributed by atoms with van der Waals surface area (Å²) in [5.41, 5.74) is -1.30. The van der Waals surface area contributed by atoms with Crippen molar-refractivity contribution >= 4 is 17.9 Å². The van der Waals surface area contributed by atoms with Gasteiger partial charge in [-0.1, -0.05) is 6.58 Å². The van der Waals surface area contributed by atoms with E-state index in [1.807, 2.05) is 0 Å². The fourth-order valence-corrected chi connectivity index (χ4v) is 5.31. The Balaban J connectivity index is 1.78. The molecule has 0 amide bonds. The van der Waals surface area contributed by atoms with Crippen LogP contribution < -0.4 is 0 Å². The first-order valence-corrected chi connectivity index (χ1v) is 9.45. The molecule has 0 heterocycles. The van der Waals surface area contributed by atoms with E-state index in [9.17, 15) is 14.4 Å².